The Bertz CT molecular complexity index is 634. The topological polar surface area (TPSA) is 61.9 Å². The van der Waals surface area contributed by atoms with Crippen molar-refractivity contribution in [3.05, 3.63) is 28.4 Å². The van der Waals surface area contributed by atoms with E-state index < -0.39 is 0 Å². The highest BCUT2D eigenvalue weighted by atomic mass is 32.2. The van der Waals surface area contributed by atoms with Gasteiger partial charge in [0.15, 0.2) is 0 Å². The normalized spacial score (nSPS) is 16.2. The largest absolute Gasteiger partial charge is 0.365 e. The molecule has 2 aromatic heterocycles. The quantitative estimate of drug-likeness (QED) is 0.836. The van der Waals surface area contributed by atoms with Crippen LogP contribution in [0.15, 0.2) is 17.2 Å². The van der Waals surface area contributed by atoms with Crippen molar-refractivity contribution >= 4 is 28.5 Å². The molecule has 3 rings (SSSR count). The molecule has 3 heterocycles. The van der Waals surface area contributed by atoms with E-state index in [0.29, 0.717) is 5.65 Å². The maximum absolute atomic E-state index is 12.1. The van der Waals surface area contributed by atoms with Crippen LogP contribution in [0.3, 0.4) is 0 Å². The van der Waals surface area contributed by atoms with Crippen LogP contribution in [0.5, 0.6) is 0 Å². The Morgan fingerprint density at radius 3 is 2.89 bits per heavy atom. The average molecular weight is 262 g/mol. The third kappa shape index (κ3) is 1.96. The van der Waals surface area contributed by atoms with Crippen LogP contribution < -0.4 is 10.5 Å². The molecule has 0 unspecified atom stereocenters. The number of hydrogen-bond donors (Lipinski definition) is 1. The number of nitrogens with one attached hydrogen (secondary N) is 1. The predicted molar refractivity (Wildman–Crippen MR) is 74.4 cm³/mol. The molecule has 1 aliphatic rings. The molecule has 18 heavy (non-hydrogen) atoms. The first kappa shape index (κ1) is 11.5. The Kier molecular flexibility index (Phi) is 2.95. The lowest BCUT2D eigenvalue weighted by Crippen LogP contribution is -2.36. The molecule has 0 radical (unpaired) electrons. The van der Waals surface area contributed by atoms with Gasteiger partial charge in [0.05, 0.1) is 5.69 Å². The second kappa shape index (κ2) is 4.61. The van der Waals surface area contributed by atoms with E-state index in [1.54, 1.807) is 0 Å². The lowest BCUT2D eigenvalue weighted by molar-refractivity contribution is 0.850. The van der Waals surface area contributed by atoms with E-state index in [1.807, 2.05) is 24.8 Å². The van der Waals surface area contributed by atoms with Crippen LogP contribution in [0.2, 0.25) is 0 Å². The molecule has 0 atom stereocenters. The summed E-state index contributed by atoms with van der Waals surface area (Å²) < 4.78 is 0. The van der Waals surface area contributed by atoms with Crippen LogP contribution >= 0.6 is 11.8 Å². The van der Waals surface area contributed by atoms with Gasteiger partial charge in [0.1, 0.15) is 17.7 Å². The zero-order chi connectivity index (χ0) is 12.5. The predicted octanol–water partition coefficient (Wildman–Crippen LogP) is 1.18. The van der Waals surface area contributed by atoms with Crippen molar-refractivity contribution in [3.8, 4) is 0 Å². The fourth-order valence-electron chi connectivity index (χ4n) is 2.17. The number of thioether (sulfide) groups is 1. The minimum atomic E-state index is -0.0625. The minimum Gasteiger partial charge on any atom is -0.365 e. The Morgan fingerprint density at radius 2 is 2.11 bits per heavy atom. The van der Waals surface area contributed by atoms with Crippen molar-refractivity contribution in [1.29, 1.82) is 0 Å². The van der Waals surface area contributed by atoms with Crippen molar-refractivity contribution in [1.82, 2.24) is 15.0 Å². The van der Waals surface area contributed by atoms with Crippen LogP contribution in [0.4, 0.5) is 5.69 Å². The number of hydrogen-bond acceptors (Lipinski definition) is 5. The summed E-state index contributed by atoms with van der Waals surface area (Å²) in [4.78, 5) is 25.3. The third-order valence-corrected chi connectivity index (χ3v) is 4.12. The van der Waals surface area contributed by atoms with Gasteiger partial charge >= 0.3 is 0 Å². The SMILES string of the molecule is Cc1ncnc2[nH]c(=O)c(N3CCSCC3)cc12. The Morgan fingerprint density at radius 1 is 1.33 bits per heavy atom. The fourth-order valence-corrected chi connectivity index (χ4v) is 3.07. The number of aromatic amines is 1. The van der Waals surface area contributed by atoms with Crippen molar-refractivity contribution in [2.75, 3.05) is 29.5 Å². The molecule has 1 N–H and O–H groups in total. The van der Waals surface area contributed by atoms with E-state index in [4.69, 9.17) is 0 Å². The lowest BCUT2D eigenvalue weighted by atomic mass is 10.2. The van der Waals surface area contributed by atoms with Crippen molar-refractivity contribution in [2.24, 2.45) is 0 Å². The molecule has 5 nitrogen and oxygen atoms in total. The summed E-state index contributed by atoms with van der Waals surface area (Å²) in [5, 5.41) is 0.922. The van der Waals surface area contributed by atoms with Gasteiger partial charge in [-0.1, -0.05) is 0 Å². The molecular formula is C12H14N4OS. The summed E-state index contributed by atoms with van der Waals surface area (Å²) >= 11 is 1.93. The second-order valence-electron chi connectivity index (χ2n) is 4.30. The van der Waals surface area contributed by atoms with E-state index >= 15 is 0 Å². The maximum atomic E-state index is 12.1. The van der Waals surface area contributed by atoms with E-state index in [9.17, 15) is 4.79 Å². The van der Waals surface area contributed by atoms with E-state index in [1.165, 1.54) is 6.33 Å². The molecule has 1 fully saturated rings. The van der Waals surface area contributed by atoms with Crippen molar-refractivity contribution in [2.45, 2.75) is 6.92 Å². The molecule has 6 heteroatoms. The number of aromatic nitrogens is 3. The first-order valence-corrected chi connectivity index (χ1v) is 7.08. The first-order chi connectivity index (χ1) is 8.75. The zero-order valence-corrected chi connectivity index (χ0v) is 11.0. The Labute approximate surface area is 109 Å². The second-order valence-corrected chi connectivity index (χ2v) is 5.53. The highest BCUT2D eigenvalue weighted by Crippen LogP contribution is 2.19. The summed E-state index contributed by atoms with van der Waals surface area (Å²) in [5.74, 6) is 2.14. The molecule has 1 saturated heterocycles. The Balaban J connectivity index is 2.14. The summed E-state index contributed by atoms with van der Waals surface area (Å²) in [5.41, 5.74) is 2.18. The van der Waals surface area contributed by atoms with Crippen LogP contribution in [0, 0.1) is 6.92 Å². The number of anilines is 1. The zero-order valence-electron chi connectivity index (χ0n) is 10.1. The number of pyridine rings is 1. The third-order valence-electron chi connectivity index (χ3n) is 3.18. The molecule has 0 bridgehead atoms. The molecule has 0 saturated carbocycles. The standard InChI is InChI=1S/C12H14N4OS/c1-8-9-6-10(16-2-4-18-5-3-16)12(17)15-11(9)14-7-13-8/h6-7H,2-5H2,1H3,(H,13,14,15,17). The molecule has 94 valence electrons. The van der Waals surface area contributed by atoms with Gasteiger partial charge in [-0.15, -0.1) is 0 Å². The number of aryl methyl sites for hydroxylation is 1. The van der Waals surface area contributed by atoms with Crippen LogP contribution in [0.1, 0.15) is 5.69 Å². The molecule has 0 amide bonds. The smallest absolute Gasteiger partial charge is 0.273 e. The number of nitrogens with zero attached hydrogens (tertiary/aromatic N) is 3. The van der Waals surface area contributed by atoms with Gasteiger partial charge in [0.25, 0.3) is 5.56 Å². The highest BCUT2D eigenvalue weighted by molar-refractivity contribution is 7.99. The lowest BCUT2D eigenvalue weighted by Gasteiger charge is -2.27. The first-order valence-electron chi connectivity index (χ1n) is 5.93. The van der Waals surface area contributed by atoms with Gasteiger partial charge in [-0.2, -0.15) is 11.8 Å². The van der Waals surface area contributed by atoms with Gasteiger partial charge in [-0.25, -0.2) is 9.97 Å². The average Bonchev–Trinajstić information content (AvgIpc) is 2.39. The number of rotatable bonds is 1. The van der Waals surface area contributed by atoms with E-state index in [2.05, 4.69) is 19.9 Å². The fraction of sp³-hybridized carbons (Fsp3) is 0.417. The van der Waals surface area contributed by atoms with Crippen molar-refractivity contribution < 1.29 is 0 Å². The van der Waals surface area contributed by atoms with Crippen LogP contribution in [-0.4, -0.2) is 39.5 Å². The van der Waals surface area contributed by atoms with E-state index in [0.717, 1.165) is 41.4 Å². The highest BCUT2D eigenvalue weighted by Gasteiger charge is 2.15. The summed E-state index contributed by atoms with van der Waals surface area (Å²) in [7, 11) is 0. The molecule has 0 spiro atoms. The molecule has 1 aliphatic heterocycles. The van der Waals surface area contributed by atoms with E-state index in [-0.39, 0.29) is 5.56 Å². The van der Waals surface area contributed by atoms with Crippen LogP contribution in [0.25, 0.3) is 11.0 Å². The van der Waals surface area contributed by atoms with Gasteiger partial charge < -0.3 is 9.88 Å². The molecule has 0 aromatic carbocycles. The van der Waals surface area contributed by atoms with Crippen LogP contribution in [-0.2, 0) is 0 Å². The number of H-pyrrole nitrogens is 1. The molecule has 2 aromatic rings. The van der Waals surface area contributed by atoms with Crippen molar-refractivity contribution in [3.63, 3.8) is 0 Å². The van der Waals surface area contributed by atoms with Gasteiger partial charge in [-0.05, 0) is 13.0 Å². The van der Waals surface area contributed by atoms with Gasteiger partial charge in [0.2, 0.25) is 0 Å². The minimum absolute atomic E-state index is 0.0625. The molecular weight excluding hydrogens is 248 g/mol. The Hall–Kier alpha value is -1.56. The molecule has 0 aliphatic carbocycles. The summed E-state index contributed by atoms with van der Waals surface area (Å²) in [6.07, 6.45) is 1.48. The monoisotopic (exact) mass is 262 g/mol. The van der Waals surface area contributed by atoms with Gasteiger partial charge in [0, 0.05) is 30.0 Å². The summed E-state index contributed by atoms with van der Waals surface area (Å²) in [6, 6.07) is 1.92. The maximum Gasteiger partial charge on any atom is 0.273 e. The summed E-state index contributed by atoms with van der Waals surface area (Å²) in [6.45, 7) is 3.77. The number of fused-ring (bicyclic) bond motifs is 1. The van der Waals surface area contributed by atoms with Gasteiger partial charge in [-0.3, -0.25) is 4.79 Å².